The van der Waals surface area contributed by atoms with Crippen LogP contribution in [0.15, 0.2) is 24.3 Å². The average molecular weight is 304 g/mol. The fourth-order valence-corrected chi connectivity index (χ4v) is 2.38. The van der Waals surface area contributed by atoms with Gasteiger partial charge < -0.3 is 10.1 Å². The monoisotopic (exact) mass is 304 g/mol. The number of hydrogen-bond donors (Lipinski definition) is 1. The maximum Gasteiger partial charge on any atom is 0.306 e. The van der Waals surface area contributed by atoms with Gasteiger partial charge in [-0.05, 0) is 32.4 Å². The molecule has 0 fully saturated rings. The van der Waals surface area contributed by atoms with Gasteiger partial charge in [0.1, 0.15) is 5.54 Å². The molecule has 118 valence electrons. The van der Waals surface area contributed by atoms with Crippen LogP contribution in [0.1, 0.15) is 33.6 Å². The highest BCUT2D eigenvalue weighted by molar-refractivity contribution is 6.14. The van der Waals surface area contributed by atoms with Crippen LogP contribution >= 0.6 is 0 Å². The van der Waals surface area contributed by atoms with Crippen LogP contribution in [-0.2, 0) is 19.1 Å². The zero-order chi connectivity index (χ0) is 16.3. The number of nitrogens with zero attached hydrogens (tertiary/aromatic N) is 1. The topological polar surface area (TPSA) is 75.7 Å². The van der Waals surface area contributed by atoms with Gasteiger partial charge >= 0.3 is 5.97 Å². The van der Waals surface area contributed by atoms with Gasteiger partial charge in [-0.25, -0.2) is 0 Å². The van der Waals surface area contributed by atoms with E-state index in [0.717, 1.165) is 0 Å². The number of para-hydroxylation sites is 2. The molecule has 6 heteroatoms. The number of amides is 2. The minimum absolute atomic E-state index is 0.272. The van der Waals surface area contributed by atoms with Gasteiger partial charge in [-0.1, -0.05) is 19.1 Å². The summed E-state index contributed by atoms with van der Waals surface area (Å²) < 4.78 is 4.98. The predicted molar refractivity (Wildman–Crippen MR) is 82.5 cm³/mol. The van der Waals surface area contributed by atoms with Gasteiger partial charge in [0.2, 0.25) is 5.91 Å². The minimum Gasteiger partial charge on any atom is -0.456 e. The molecule has 0 bridgehead atoms. The second kappa shape index (κ2) is 6.17. The van der Waals surface area contributed by atoms with Crippen molar-refractivity contribution in [2.45, 2.75) is 39.2 Å². The lowest BCUT2D eigenvalue weighted by molar-refractivity contribution is -0.148. The summed E-state index contributed by atoms with van der Waals surface area (Å²) in [7, 11) is 0. The largest absolute Gasteiger partial charge is 0.456 e. The van der Waals surface area contributed by atoms with E-state index in [1.165, 1.54) is 4.90 Å². The summed E-state index contributed by atoms with van der Waals surface area (Å²) in [5, 5.41) is 2.78. The first-order valence-electron chi connectivity index (χ1n) is 7.27. The van der Waals surface area contributed by atoms with Crippen molar-refractivity contribution in [1.29, 1.82) is 0 Å². The number of nitrogens with one attached hydrogen (secondary N) is 1. The van der Waals surface area contributed by atoms with Gasteiger partial charge in [0.25, 0.3) is 5.91 Å². The van der Waals surface area contributed by atoms with Crippen LogP contribution in [0.25, 0.3) is 0 Å². The summed E-state index contributed by atoms with van der Waals surface area (Å²) in [6.45, 7) is 4.80. The maximum absolute atomic E-state index is 12.5. The Labute approximate surface area is 129 Å². The molecule has 6 nitrogen and oxygen atoms in total. The summed E-state index contributed by atoms with van der Waals surface area (Å²) in [5.41, 5.74) is 0.117. The van der Waals surface area contributed by atoms with E-state index in [-0.39, 0.29) is 18.9 Å². The number of benzene rings is 1. The van der Waals surface area contributed by atoms with E-state index < -0.39 is 17.4 Å². The van der Waals surface area contributed by atoms with Gasteiger partial charge in [-0.2, -0.15) is 0 Å². The van der Waals surface area contributed by atoms with Crippen molar-refractivity contribution in [2.75, 3.05) is 16.8 Å². The van der Waals surface area contributed by atoms with E-state index in [2.05, 4.69) is 5.32 Å². The number of esters is 1. The Balaban J connectivity index is 2.25. The first-order chi connectivity index (χ1) is 10.4. The third kappa shape index (κ3) is 2.95. The average Bonchev–Trinajstić information content (AvgIpc) is 2.46. The van der Waals surface area contributed by atoms with Crippen LogP contribution in [0.3, 0.4) is 0 Å². The van der Waals surface area contributed by atoms with Crippen molar-refractivity contribution in [3.63, 3.8) is 0 Å². The molecule has 0 unspecified atom stereocenters. The van der Waals surface area contributed by atoms with Crippen LogP contribution in [0.2, 0.25) is 0 Å². The molecule has 0 atom stereocenters. The van der Waals surface area contributed by atoms with Crippen LogP contribution in [-0.4, -0.2) is 29.9 Å². The first kappa shape index (κ1) is 16.0. The molecule has 0 spiro atoms. The minimum atomic E-state index is -1.05. The van der Waals surface area contributed by atoms with Gasteiger partial charge in [-0.15, -0.1) is 0 Å². The van der Waals surface area contributed by atoms with E-state index in [0.29, 0.717) is 17.8 Å². The Bertz CT molecular complexity index is 610. The van der Waals surface area contributed by atoms with Gasteiger partial charge in [0.05, 0.1) is 11.4 Å². The number of ether oxygens (including phenoxy) is 1. The highest BCUT2D eigenvalue weighted by Gasteiger charge is 2.43. The van der Waals surface area contributed by atoms with Crippen LogP contribution in [0.5, 0.6) is 0 Å². The number of carbonyl (C=O) groups excluding carboxylic acids is 3. The van der Waals surface area contributed by atoms with Crippen molar-refractivity contribution >= 4 is 29.2 Å². The summed E-state index contributed by atoms with van der Waals surface area (Å²) >= 11 is 0. The number of rotatable bonds is 4. The number of fused-ring (bicyclic) bond motifs is 1. The van der Waals surface area contributed by atoms with E-state index in [9.17, 15) is 14.4 Å². The van der Waals surface area contributed by atoms with E-state index in [4.69, 9.17) is 4.74 Å². The van der Waals surface area contributed by atoms with Crippen molar-refractivity contribution in [3.8, 4) is 0 Å². The lowest BCUT2D eigenvalue weighted by Crippen LogP contribution is -2.59. The Morgan fingerprint density at radius 2 is 1.95 bits per heavy atom. The first-order valence-corrected chi connectivity index (χ1v) is 7.27. The summed E-state index contributed by atoms with van der Waals surface area (Å²) in [6, 6.07) is 7.05. The highest BCUT2D eigenvalue weighted by Crippen LogP contribution is 2.36. The molecule has 0 radical (unpaired) electrons. The van der Waals surface area contributed by atoms with Crippen molar-refractivity contribution < 1.29 is 19.1 Å². The zero-order valence-electron chi connectivity index (χ0n) is 13.0. The normalized spacial score (nSPS) is 15.8. The standard InChI is InChI=1S/C16H20N2O4/c1-4-7-14(20)22-10-13(19)18-12-9-6-5-8-11(12)17-15(21)16(18,2)3/h5-6,8-9H,4,7,10H2,1-3H3,(H,17,21). The fourth-order valence-electron chi connectivity index (χ4n) is 2.38. The molecule has 0 saturated carbocycles. The molecular formula is C16H20N2O4. The molecule has 1 heterocycles. The second-order valence-electron chi connectivity index (χ2n) is 5.67. The molecule has 1 aliphatic heterocycles. The molecule has 2 amide bonds. The molecule has 2 rings (SSSR count). The predicted octanol–water partition coefficient (Wildman–Crippen LogP) is 2.09. The Hall–Kier alpha value is -2.37. The lowest BCUT2D eigenvalue weighted by Gasteiger charge is -2.41. The van der Waals surface area contributed by atoms with Crippen molar-refractivity contribution in [3.05, 3.63) is 24.3 Å². The van der Waals surface area contributed by atoms with Crippen LogP contribution in [0, 0.1) is 0 Å². The quantitative estimate of drug-likeness (QED) is 0.864. The van der Waals surface area contributed by atoms with Crippen molar-refractivity contribution in [2.24, 2.45) is 0 Å². The van der Waals surface area contributed by atoms with E-state index >= 15 is 0 Å². The third-order valence-corrected chi connectivity index (χ3v) is 3.57. The smallest absolute Gasteiger partial charge is 0.306 e. The molecule has 0 saturated heterocycles. The molecule has 1 aromatic carbocycles. The molecule has 1 aromatic rings. The van der Waals surface area contributed by atoms with Crippen LogP contribution in [0.4, 0.5) is 11.4 Å². The Kier molecular flexibility index (Phi) is 4.49. The van der Waals surface area contributed by atoms with Gasteiger partial charge in [0.15, 0.2) is 6.61 Å². The highest BCUT2D eigenvalue weighted by atomic mass is 16.5. The Morgan fingerprint density at radius 1 is 1.27 bits per heavy atom. The molecule has 0 aliphatic carbocycles. The summed E-state index contributed by atoms with van der Waals surface area (Å²) in [4.78, 5) is 37.5. The van der Waals surface area contributed by atoms with Gasteiger partial charge in [-0.3, -0.25) is 19.3 Å². The molecule has 1 aliphatic rings. The summed E-state index contributed by atoms with van der Waals surface area (Å²) in [6.07, 6.45) is 0.932. The maximum atomic E-state index is 12.5. The Morgan fingerprint density at radius 3 is 2.64 bits per heavy atom. The molecular weight excluding hydrogens is 284 g/mol. The SMILES string of the molecule is CCCC(=O)OCC(=O)N1c2ccccc2NC(=O)C1(C)C. The lowest BCUT2D eigenvalue weighted by atomic mass is 9.96. The molecule has 22 heavy (non-hydrogen) atoms. The second-order valence-corrected chi connectivity index (χ2v) is 5.67. The summed E-state index contributed by atoms with van der Waals surface area (Å²) in [5.74, 6) is -1.11. The van der Waals surface area contributed by atoms with Crippen LogP contribution < -0.4 is 10.2 Å². The third-order valence-electron chi connectivity index (χ3n) is 3.57. The van der Waals surface area contributed by atoms with Crippen molar-refractivity contribution in [1.82, 2.24) is 0 Å². The number of anilines is 2. The fraction of sp³-hybridized carbons (Fsp3) is 0.438. The molecule has 0 aromatic heterocycles. The molecule has 1 N–H and O–H groups in total. The van der Waals surface area contributed by atoms with E-state index in [1.54, 1.807) is 38.1 Å². The van der Waals surface area contributed by atoms with Gasteiger partial charge in [0, 0.05) is 6.42 Å². The number of hydrogen-bond acceptors (Lipinski definition) is 4. The van der Waals surface area contributed by atoms with E-state index in [1.807, 2.05) is 6.92 Å². The zero-order valence-corrected chi connectivity index (χ0v) is 13.0. The number of carbonyl (C=O) groups is 3.